The molecule has 0 unspecified atom stereocenters. The van der Waals surface area contributed by atoms with E-state index in [0.29, 0.717) is 0 Å². The Hall–Kier alpha value is -3.03. The van der Waals surface area contributed by atoms with E-state index in [4.69, 9.17) is 5.11 Å². The van der Waals surface area contributed by atoms with E-state index in [-0.39, 0.29) is 17.8 Å². The van der Waals surface area contributed by atoms with Gasteiger partial charge in [-0.1, -0.05) is 12.1 Å². The molecule has 108 valence electrons. The number of aromatic carboxylic acids is 1. The van der Waals surface area contributed by atoms with Crippen LogP contribution in [-0.4, -0.2) is 20.6 Å². The van der Waals surface area contributed by atoms with Crippen molar-refractivity contribution in [2.75, 3.05) is 0 Å². The zero-order valence-electron chi connectivity index (χ0n) is 10.5. The van der Waals surface area contributed by atoms with E-state index >= 15 is 0 Å². The van der Waals surface area contributed by atoms with Crippen molar-refractivity contribution in [3.63, 3.8) is 0 Å². The summed E-state index contributed by atoms with van der Waals surface area (Å²) in [6.45, 7) is -0.198. The lowest BCUT2D eigenvalue weighted by atomic mass is 10.2. The number of hydrogen-bond donors (Lipinski definition) is 1. The number of carboxylic acid groups (broad SMARTS) is 1. The van der Waals surface area contributed by atoms with Crippen LogP contribution < -0.4 is 5.56 Å². The molecule has 1 N–H and O–H groups in total. The number of pyridine rings is 1. The molecule has 0 aliphatic rings. The average Bonchev–Trinajstić information content (AvgIpc) is 2.40. The maximum atomic E-state index is 13.5. The Balaban J connectivity index is 2.44. The number of rotatable bonds is 4. The Kier molecular flexibility index (Phi) is 3.79. The van der Waals surface area contributed by atoms with Gasteiger partial charge in [0.25, 0.3) is 5.56 Å². The molecule has 0 aliphatic heterocycles. The highest BCUT2D eigenvalue weighted by molar-refractivity contribution is 5.85. The molecule has 8 heteroatoms. The molecule has 0 atom stereocenters. The molecule has 0 amide bonds. The molecule has 0 spiro atoms. The lowest BCUT2D eigenvalue weighted by molar-refractivity contribution is -0.387. The highest BCUT2D eigenvalue weighted by atomic mass is 19.1. The van der Waals surface area contributed by atoms with Gasteiger partial charge < -0.3 is 5.11 Å². The van der Waals surface area contributed by atoms with E-state index in [0.717, 1.165) is 16.7 Å². The SMILES string of the molecule is O=C(O)c1cccc(=O)n1Cc1ccc([N+](=O)[O-])c(F)c1. The summed E-state index contributed by atoms with van der Waals surface area (Å²) in [5.74, 6) is -2.34. The highest BCUT2D eigenvalue weighted by Crippen LogP contribution is 2.18. The van der Waals surface area contributed by atoms with Crippen molar-refractivity contribution in [3.8, 4) is 0 Å². The van der Waals surface area contributed by atoms with Crippen LogP contribution in [0.4, 0.5) is 10.1 Å². The summed E-state index contributed by atoms with van der Waals surface area (Å²) in [4.78, 5) is 32.4. The van der Waals surface area contributed by atoms with Gasteiger partial charge in [0, 0.05) is 12.1 Å². The Bertz CT molecular complexity index is 784. The molecule has 0 saturated heterocycles. The molecule has 7 nitrogen and oxygen atoms in total. The van der Waals surface area contributed by atoms with Gasteiger partial charge >= 0.3 is 11.7 Å². The maximum Gasteiger partial charge on any atom is 0.352 e. The maximum absolute atomic E-state index is 13.5. The predicted octanol–water partition coefficient (Wildman–Crippen LogP) is 1.64. The Morgan fingerprint density at radius 3 is 2.62 bits per heavy atom. The summed E-state index contributed by atoms with van der Waals surface area (Å²) in [6.07, 6.45) is 0. The molecule has 1 heterocycles. The van der Waals surface area contributed by atoms with E-state index in [2.05, 4.69) is 0 Å². The number of carbonyl (C=O) groups is 1. The van der Waals surface area contributed by atoms with Crippen molar-refractivity contribution in [1.29, 1.82) is 0 Å². The number of aromatic nitrogens is 1. The lowest BCUT2D eigenvalue weighted by Crippen LogP contribution is -2.25. The molecule has 1 aromatic heterocycles. The van der Waals surface area contributed by atoms with Crippen LogP contribution in [0.15, 0.2) is 41.2 Å². The third-order valence-corrected chi connectivity index (χ3v) is 2.82. The van der Waals surface area contributed by atoms with Crippen molar-refractivity contribution < 1.29 is 19.2 Å². The van der Waals surface area contributed by atoms with E-state index in [1.54, 1.807) is 0 Å². The first-order valence-electron chi connectivity index (χ1n) is 5.76. The van der Waals surface area contributed by atoms with Crippen LogP contribution >= 0.6 is 0 Å². The van der Waals surface area contributed by atoms with Crippen molar-refractivity contribution in [2.45, 2.75) is 6.54 Å². The smallest absolute Gasteiger partial charge is 0.352 e. The summed E-state index contributed by atoms with van der Waals surface area (Å²) in [5.41, 5.74) is -1.25. The van der Waals surface area contributed by atoms with Crippen molar-refractivity contribution in [1.82, 2.24) is 4.57 Å². The van der Waals surface area contributed by atoms with Crippen LogP contribution in [0, 0.1) is 15.9 Å². The average molecular weight is 292 g/mol. The number of nitrogens with zero attached hydrogens (tertiary/aromatic N) is 2. The van der Waals surface area contributed by atoms with Crippen molar-refractivity contribution in [3.05, 3.63) is 73.9 Å². The fourth-order valence-electron chi connectivity index (χ4n) is 1.85. The molecule has 0 fully saturated rings. The lowest BCUT2D eigenvalue weighted by Gasteiger charge is -2.09. The fourth-order valence-corrected chi connectivity index (χ4v) is 1.85. The van der Waals surface area contributed by atoms with Crippen molar-refractivity contribution in [2.24, 2.45) is 0 Å². The first-order chi connectivity index (χ1) is 9.90. The minimum absolute atomic E-state index is 0.198. The Morgan fingerprint density at radius 2 is 2.05 bits per heavy atom. The summed E-state index contributed by atoms with van der Waals surface area (Å²) in [6, 6.07) is 6.87. The normalized spacial score (nSPS) is 10.3. The number of nitro benzene ring substituents is 1. The Labute approximate surface area is 117 Å². The second-order valence-corrected chi connectivity index (χ2v) is 4.18. The third-order valence-electron chi connectivity index (χ3n) is 2.82. The number of carboxylic acids is 1. The zero-order valence-corrected chi connectivity index (χ0v) is 10.5. The van der Waals surface area contributed by atoms with Gasteiger partial charge in [-0.05, 0) is 17.7 Å². The van der Waals surface area contributed by atoms with Gasteiger partial charge in [0.15, 0.2) is 0 Å². The number of hydrogen-bond acceptors (Lipinski definition) is 4. The van der Waals surface area contributed by atoms with Gasteiger partial charge in [0.2, 0.25) is 5.82 Å². The van der Waals surface area contributed by atoms with Crippen LogP contribution in [-0.2, 0) is 6.54 Å². The summed E-state index contributed by atoms with van der Waals surface area (Å²) in [5, 5.41) is 19.5. The quantitative estimate of drug-likeness (QED) is 0.681. The molecule has 0 aliphatic carbocycles. The van der Waals surface area contributed by atoms with Gasteiger partial charge in [-0.15, -0.1) is 0 Å². The van der Waals surface area contributed by atoms with Crippen LogP contribution in [0.1, 0.15) is 16.1 Å². The van der Waals surface area contributed by atoms with E-state index < -0.39 is 28.0 Å². The van der Waals surface area contributed by atoms with Gasteiger partial charge in [0.05, 0.1) is 11.5 Å². The molecular weight excluding hydrogens is 283 g/mol. The van der Waals surface area contributed by atoms with Gasteiger partial charge in [0.1, 0.15) is 5.69 Å². The molecular formula is C13H9FN2O5. The third kappa shape index (κ3) is 2.94. The summed E-state index contributed by atoms with van der Waals surface area (Å²) >= 11 is 0. The standard InChI is InChI=1S/C13H9FN2O5/c14-9-6-8(4-5-10(9)16(20)21)7-15-11(13(18)19)2-1-3-12(15)17/h1-6H,7H2,(H,18,19). The first-order valence-corrected chi connectivity index (χ1v) is 5.76. The minimum atomic E-state index is -1.30. The van der Waals surface area contributed by atoms with E-state index in [1.807, 2.05) is 0 Å². The van der Waals surface area contributed by atoms with Gasteiger partial charge in [-0.2, -0.15) is 4.39 Å². The van der Waals surface area contributed by atoms with Crippen LogP contribution in [0.25, 0.3) is 0 Å². The van der Waals surface area contributed by atoms with E-state index in [1.165, 1.54) is 24.3 Å². The summed E-state index contributed by atoms with van der Waals surface area (Å²) in [7, 11) is 0. The molecule has 1 aromatic carbocycles. The second-order valence-electron chi connectivity index (χ2n) is 4.18. The number of benzene rings is 1. The first kappa shape index (κ1) is 14.4. The van der Waals surface area contributed by atoms with Crippen molar-refractivity contribution >= 4 is 11.7 Å². The van der Waals surface area contributed by atoms with Crippen LogP contribution in [0.2, 0.25) is 0 Å². The number of nitro groups is 1. The molecule has 0 saturated carbocycles. The largest absolute Gasteiger partial charge is 0.477 e. The minimum Gasteiger partial charge on any atom is -0.477 e. The second kappa shape index (κ2) is 5.53. The van der Waals surface area contributed by atoms with Gasteiger partial charge in [-0.25, -0.2) is 4.79 Å². The summed E-state index contributed by atoms with van der Waals surface area (Å²) < 4.78 is 14.5. The zero-order chi connectivity index (χ0) is 15.6. The monoisotopic (exact) mass is 292 g/mol. The molecule has 21 heavy (non-hydrogen) atoms. The highest BCUT2D eigenvalue weighted by Gasteiger charge is 2.15. The predicted molar refractivity (Wildman–Crippen MR) is 69.8 cm³/mol. The molecule has 0 radical (unpaired) electrons. The molecule has 2 rings (SSSR count). The van der Waals surface area contributed by atoms with E-state index in [9.17, 15) is 24.1 Å². The van der Waals surface area contributed by atoms with Gasteiger partial charge in [-0.3, -0.25) is 19.5 Å². The Morgan fingerprint density at radius 1 is 1.33 bits per heavy atom. The topological polar surface area (TPSA) is 102 Å². The van der Waals surface area contributed by atoms with Crippen LogP contribution in [0.3, 0.4) is 0 Å². The molecule has 2 aromatic rings. The fraction of sp³-hybridized carbons (Fsp3) is 0.0769. The molecule has 0 bridgehead atoms. The number of halogens is 1. The van der Waals surface area contributed by atoms with Crippen LogP contribution in [0.5, 0.6) is 0 Å².